The van der Waals surface area contributed by atoms with Crippen molar-refractivity contribution in [2.45, 2.75) is 111 Å². The molecule has 4 heteroatoms. The first-order valence-corrected chi connectivity index (χ1v) is 13.4. The molecule has 4 aliphatic carbocycles. The maximum absolute atomic E-state index is 10.2. The number of nitrogens with two attached hydrogens (primary N) is 1. The molecule has 1 amide bonds. The Kier molecular flexibility index (Phi) is 8.52. The van der Waals surface area contributed by atoms with Crippen molar-refractivity contribution in [2.24, 2.45) is 52.2 Å². The Balaban J connectivity index is 0.000000668. The summed E-state index contributed by atoms with van der Waals surface area (Å²) in [6, 6.07) is 0. The normalized spacial score (nSPS) is 41.4. The van der Waals surface area contributed by atoms with Gasteiger partial charge in [0.15, 0.2) is 0 Å². The van der Waals surface area contributed by atoms with Crippen LogP contribution in [0, 0.1) is 46.3 Å². The molecule has 0 aliphatic heterocycles. The highest BCUT2D eigenvalue weighted by atomic mass is 16.3. The third-order valence-corrected chi connectivity index (χ3v) is 10.3. The number of carbonyl (C=O) groups is 1. The summed E-state index contributed by atoms with van der Waals surface area (Å²) in [5.41, 5.74) is 4.35. The van der Waals surface area contributed by atoms with Crippen molar-refractivity contribution >= 4 is 6.41 Å². The van der Waals surface area contributed by atoms with E-state index in [2.05, 4.69) is 46.5 Å². The summed E-state index contributed by atoms with van der Waals surface area (Å²) in [6.45, 7) is 12.6. The first-order chi connectivity index (χ1) is 15.2. The lowest BCUT2D eigenvalue weighted by atomic mass is 9.47. The van der Waals surface area contributed by atoms with Gasteiger partial charge in [0.05, 0.1) is 6.10 Å². The van der Waals surface area contributed by atoms with Gasteiger partial charge in [-0.2, -0.15) is 0 Å². The molecule has 0 aromatic carbocycles. The second kappa shape index (κ2) is 10.6. The lowest BCUT2D eigenvalue weighted by Gasteiger charge is -2.58. The fourth-order valence-electron chi connectivity index (χ4n) is 8.67. The standard InChI is InChI=1S/C27H46O.CH4N2O/c1-18(2)7-6-8-19(3)23-11-12-24-22-10-9-20-17-21(28)13-15-26(20,4)25(22)14-16-27(23,24)5;2-3-1-4/h9,18-19,21-25,28H,6-8,10-17H2,1-5H3;1H,2H2,(H,3,4)/t19?,21-,22-,23+,24-,25-,26-,27+;/m0./s1. The number of nitrogens with one attached hydrogen (secondary N) is 1. The van der Waals surface area contributed by atoms with E-state index in [1.807, 2.05) is 0 Å². The number of hydrazine groups is 1. The van der Waals surface area contributed by atoms with Gasteiger partial charge >= 0.3 is 0 Å². The molecule has 0 radical (unpaired) electrons. The quantitative estimate of drug-likeness (QED) is 0.154. The van der Waals surface area contributed by atoms with Gasteiger partial charge in [-0.15, -0.1) is 0 Å². The van der Waals surface area contributed by atoms with E-state index in [0.717, 1.165) is 48.3 Å². The topological polar surface area (TPSA) is 75.3 Å². The minimum Gasteiger partial charge on any atom is -0.393 e. The second-order valence-corrected chi connectivity index (χ2v) is 12.5. The molecule has 0 aromatic heterocycles. The molecule has 0 heterocycles. The second-order valence-electron chi connectivity index (χ2n) is 12.5. The molecule has 4 nitrogen and oxygen atoms in total. The molecule has 0 bridgehead atoms. The van der Waals surface area contributed by atoms with Crippen molar-refractivity contribution in [3.8, 4) is 0 Å². The molecule has 0 saturated heterocycles. The van der Waals surface area contributed by atoms with Crippen LogP contribution in [0.15, 0.2) is 11.6 Å². The van der Waals surface area contributed by atoms with Gasteiger partial charge in [-0.3, -0.25) is 10.2 Å². The molecule has 8 atom stereocenters. The smallest absolute Gasteiger partial charge is 0.221 e. The highest BCUT2D eigenvalue weighted by molar-refractivity contribution is 5.44. The van der Waals surface area contributed by atoms with Crippen LogP contribution in [0.25, 0.3) is 0 Å². The summed E-state index contributed by atoms with van der Waals surface area (Å²) >= 11 is 0. The van der Waals surface area contributed by atoms with E-state index in [0.29, 0.717) is 17.2 Å². The van der Waals surface area contributed by atoms with Gasteiger partial charge in [0, 0.05) is 0 Å². The number of aliphatic hydroxyl groups is 1. The van der Waals surface area contributed by atoms with Gasteiger partial charge in [-0.1, -0.05) is 65.5 Å². The fourth-order valence-corrected chi connectivity index (χ4v) is 8.67. The van der Waals surface area contributed by atoms with E-state index < -0.39 is 0 Å². The first kappa shape index (κ1) is 25.7. The minimum absolute atomic E-state index is 0.0766. The molecule has 184 valence electrons. The molecule has 3 fully saturated rings. The number of fused-ring (bicyclic) bond motifs is 5. The summed E-state index contributed by atoms with van der Waals surface area (Å²) in [6.07, 6.45) is 17.6. The van der Waals surface area contributed by atoms with E-state index in [4.69, 9.17) is 4.79 Å². The lowest BCUT2D eigenvalue weighted by Crippen LogP contribution is -2.50. The minimum atomic E-state index is -0.0766. The van der Waals surface area contributed by atoms with Crippen molar-refractivity contribution in [2.75, 3.05) is 0 Å². The maximum Gasteiger partial charge on any atom is 0.221 e. The highest BCUT2D eigenvalue weighted by Gasteiger charge is 2.59. The van der Waals surface area contributed by atoms with E-state index >= 15 is 0 Å². The van der Waals surface area contributed by atoms with Gasteiger partial charge in [0.2, 0.25) is 6.41 Å². The van der Waals surface area contributed by atoms with Crippen LogP contribution in [0.4, 0.5) is 0 Å². The molecule has 0 spiro atoms. The van der Waals surface area contributed by atoms with Crippen LogP contribution in [0.5, 0.6) is 0 Å². The highest BCUT2D eigenvalue weighted by Crippen LogP contribution is 2.67. The average Bonchev–Trinajstić information content (AvgIpc) is 3.11. The average molecular weight is 447 g/mol. The summed E-state index contributed by atoms with van der Waals surface area (Å²) < 4.78 is 0. The number of aliphatic hydroxyl groups excluding tert-OH is 1. The first-order valence-electron chi connectivity index (χ1n) is 13.4. The van der Waals surface area contributed by atoms with E-state index in [1.165, 1.54) is 57.8 Å². The van der Waals surface area contributed by atoms with Crippen molar-refractivity contribution in [1.29, 1.82) is 0 Å². The van der Waals surface area contributed by atoms with E-state index in [1.54, 1.807) is 11.0 Å². The van der Waals surface area contributed by atoms with Gasteiger partial charge in [-0.25, -0.2) is 5.84 Å². The zero-order valence-electron chi connectivity index (χ0n) is 21.4. The molecule has 4 aliphatic rings. The van der Waals surface area contributed by atoms with Crippen LogP contribution >= 0.6 is 0 Å². The van der Waals surface area contributed by atoms with Crippen LogP contribution in [0.1, 0.15) is 105 Å². The Morgan fingerprint density at radius 3 is 2.50 bits per heavy atom. The molecule has 3 saturated carbocycles. The molecule has 1 unspecified atom stereocenters. The Morgan fingerprint density at radius 1 is 1.12 bits per heavy atom. The third kappa shape index (κ3) is 4.97. The number of hydrogen-bond donors (Lipinski definition) is 3. The van der Waals surface area contributed by atoms with Gasteiger partial charge in [-0.05, 0) is 97.7 Å². The zero-order valence-corrected chi connectivity index (χ0v) is 21.4. The SMILES string of the molecule is CC(C)CCCC(C)[C@H]1CC[C@H]2[C@@H]3CC=C4C[C@@H](O)CC[C@]4(C)[C@H]3CC[C@]12C.NNC=O. The summed E-state index contributed by atoms with van der Waals surface area (Å²) in [5.74, 6) is 9.87. The Hall–Kier alpha value is -0.870. The number of hydrogen-bond acceptors (Lipinski definition) is 3. The van der Waals surface area contributed by atoms with E-state index in [9.17, 15) is 5.11 Å². The number of rotatable bonds is 6. The van der Waals surface area contributed by atoms with Crippen LogP contribution in [-0.2, 0) is 4.79 Å². The number of allylic oxidation sites excluding steroid dienone is 1. The van der Waals surface area contributed by atoms with Gasteiger partial charge in [0.1, 0.15) is 0 Å². The van der Waals surface area contributed by atoms with Crippen LogP contribution in [0.2, 0.25) is 0 Å². The fraction of sp³-hybridized carbons (Fsp3) is 0.893. The van der Waals surface area contributed by atoms with Gasteiger partial charge < -0.3 is 5.11 Å². The Morgan fingerprint density at radius 2 is 1.84 bits per heavy atom. The zero-order chi connectivity index (χ0) is 23.5. The molecular formula is C28H50N2O2. The third-order valence-electron chi connectivity index (χ3n) is 10.3. The molecule has 4 N–H and O–H groups in total. The van der Waals surface area contributed by atoms with Crippen molar-refractivity contribution in [3.05, 3.63) is 11.6 Å². The lowest BCUT2D eigenvalue weighted by molar-refractivity contribution is -0.109. The largest absolute Gasteiger partial charge is 0.393 e. The monoisotopic (exact) mass is 446 g/mol. The summed E-state index contributed by atoms with van der Waals surface area (Å²) in [5, 5.41) is 10.2. The number of amides is 1. The predicted octanol–water partition coefficient (Wildman–Crippen LogP) is 5.99. The van der Waals surface area contributed by atoms with Crippen molar-refractivity contribution < 1.29 is 9.90 Å². The predicted molar refractivity (Wildman–Crippen MR) is 132 cm³/mol. The van der Waals surface area contributed by atoms with Crippen LogP contribution in [-0.4, -0.2) is 17.6 Å². The molecule has 4 rings (SSSR count). The molecule has 0 aromatic rings. The van der Waals surface area contributed by atoms with E-state index in [-0.39, 0.29) is 6.10 Å². The van der Waals surface area contributed by atoms with Crippen molar-refractivity contribution in [3.63, 3.8) is 0 Å². The molecular weight excluding hydrogens is 396 g/mol. The molecule has 32 heavy (non-hydrogen) atoms. The van der Waals surface area contributed by atoms with Crippen LogP contribution in [0.3, 0.4) is 0 Å². The summed E-state index contributed by atoms with van der Waals surface area (Å²) in [7, 11) is 0. The number of carbonyl (C=O) groups excluding carboxylic acids is 1. The Bertz CT molecular complexity index is 662. The van der Waals surface area contributed by atoms with Crippen molar-refractivity contribution in [1.82, 2.24) is 5.43 Å². The van der Waals surface area contributed by atoms with Gasteiger partial charge in [0.25, 0.3) is 0 Å². The Labute approximate surface area is 197 Å². The maximum atomic E-state index is 10.2. The van der Waals surface area contributed by atoms with Crippen LogP contribution < -0.4 is 11.3 Å². The summed E-state index contributed by atoms with van der Waals surface area (Å²) in [4.78, 5) is 8.94.